The van der Waals surface area contributed by atoms with Gasteiger partial charge in [-0.15, -0.1) is 11.3 Å². The van der Waals surface area contributed by atoms with Gasteiger partial charge in [0.25, 0.3) is 0 Å². The summed E-state index contributed by atoms with van der Waals surface area (Å²) in [6.07, 6.45) is 0.182. The minimum atomic E-state index is -0.150. The first-order chi connectivity index (χ1) is 13.0. The zero-order valence-corrected chi connectivity index (χ0v) is 16.4. The van der Waals surface area contributed by atoms with Crippen molar-refractivity contribution >= 4 is 22.9 Å². The Hall–Kier alpha value is -2.64. The van der Waals surface area contributed by atoms with Crippen molar-refractivity contribution in [2.24, 2.45) is 0 Å². The predicted octanol–water partition coefficient (Wildman–Crippen LogP) is 4.23. The molecule has 3 rings (SSSR count). The highest BCUT2D eigenvalue weighted by Crippen LogP contribution is 2.27. The molecule has 0 aliphatic carbocycles. The van der Waals surface area contributed by atoms with E-state index in [0.29, 0.717) is 30.3 Å². The van der Waals surface area contributed by atoms with Gasteiger partial charge in [0.05, 0.1) is 24.4 Å². The average molecular weight is 386 g/mol. The van der Waals surface area contributed by atoms with Crippen molar-refractivity contribution in [3.63, 3.8) is 0 Å². The first kappa shape index (κ1) is 19.1. The summed E-state index contributed by atoms with van der Waals surface area (Å²) in [7, 11) is 1.62. The number of rotatable bonds is 8. The van der Waals surface area contributed by atoms with Crippen molar-refractivity contribution in [3.8, 4) is 16.5 Å². The number of ether oxygens (including phenoxy) is 2. The molecular formula is C20H22N2O4S. The van der Waals surface area contributed by atoms with Gasteiger partial charge in [0.15, 0.2) is 10.8 Å². The zero-order chi connectivity index (χ0) is 19.2. The Bertz CT molecular complexity index is 916. The lowest BCUT2D eigenvalue weighted by Crippen LogP contribution is -2.16. The Balaban J connectivity index is 1.65. The molecule has 0 aliphatic heterocycles. The van der Waals surface area contributed by atoms with E-state index in [0.717, 1.165) is 22.1 Å². The first-order valence-electron chi connectivity index (χ1n) is 8.58. The largest absolute Gasteiger partial charge is 0.489 e. The maximum absolute atomic E-state index is 12.4. The van der Waals surface area contributed by atoms with Crippen LogP contribution in [-0.2, 0) is 16.0 Å². The molecule has 3 aromatic rings. The lowest BCUT2D eigenvalue weighted by atomic mass is 10.2. The summed E-state index contributed by atoms with van der Waals surface area (Å²) in [4.78, 5) is 16.9. The second-order valence-corrected chi connectivity index (χ2v) is 6.98. The van der Waals surface area contributed by atoms with Gasteiger partial charge in [-0.1, -0.05) is 6.07 Å². The van der Waals surface area contributed by atoms with E-state index in [1.165, 1.54) is 11.3 Å². The van der Waals surface area contributed by atoms with Crippen LogP contribution < -0.4 is 10.1 Å². The molecule has 142 valence electrons. The number of nitrogens with one attached hydrogen (secondary N) is 1. The quantitative estimate of drug-likeness (QED) is 0.587. The summed E-state index contributed by atoms with van der Waals surface area (Å²) in [5.41, 5.74) is 2.40. The van der Waals surface area contributed by atoms with Crippen molar-refractivity contribution in [3.05, 3.63) is 52.7 Å². The summed E-state index contributed by atoms with van der Waals surface area (Å²) in [5.74, 6) is 2.03. The minimum Gasteiger partial charge on any atom is -0.489 e. The molecule has 2 heterocycles. The molecule has 0 saturated heterocycles. The molecule has 0 unspecified atom stereocenters. The van der Waals surface area contributed by atoms with Crippen LogP contribution >= 0.6 is 11.3 Å². The standard InChI is InChI=1S/C20H22N2O4S/c1-13-4-6-16(18(10-13)25-9-8-24-3)22-19(23)11-15-12-27-20(21-15)17-7-5-14(2)26-17/h4-7,10,12H,8-9,11H2,1-3H3,(H,22,23). The average Bonchev–Trinajstić information content (AvgIpc) is 3.26. The zero-order valence-electron chi connectivity index (χ0n) is 15.6. The van der Waals surface area contributed by atoms with E-state index in [1.807, 2.05) is 49.6 Å². The maximum atomic E-state index is 12.4. The third-order valence-electron chi connectivity index (χ3n) is 3.80. The highest BCUT2D eigenvalue weighted by atomic mass is 32.1. The number of amides is 1. The van der Waals surface area contributed by atoms with E-state index in [9.17, 15) is 4.79 Å². The second-order valence-electron chi connectivity index (χ2n) is 6.12. The minimum absolute atomic E-state index is 0.150. The third-order valence-corrected chi connectivity index (χ3v) is 4.71. The van der Waals surface area contributed by atoms with Gasteiger partial charge in [-0.3, -0.25) is 4.79 Å². The monoisotopic (exact) mass is 386 g/mol. The van der Waals surface area contributed by atoms with Crippen LogP contribution in [0.15, 0.2) is 40.1 Å². The maximum Gasteiger partial charge on any atom is 0.230 e. The Kier molecular flexibility index (Phi) is 6.26. The number of aryl methyl sites for hydroxylation is 2. The van der Waals surface area contributed by atoms with Crippen LogP contribution in [0.2, 0.25) is 0 Å². The SMILES string of the molecule is COCCOc1cc(C)ccc1NC(=O)Cc1csc(-c2ccc(C)o2)n1. The molecule has 0 atom stereocenters. The molecule has 27 heavy (non-hydrogen) atoms. The van der Waals surface area contributed by atoms with E-state index < -0.39 is 0 Å². The van der Waals surface area contributed by atoms with E-state index in [4.69, 9.17) is 13.9 Å². The number of nitrogens with zero attached hydrogens (tertiary/aromatic N) is 1. The van der Waals surface area contributed by atoms with Gasteiger partial charge < -0.3 is 19.2 Å². The number of hydrogen-bond donors (Lipinski definition) is 1. The van der Waals surface area contributed by atoms with Crippen molar-refractivity contribution in [1.82, 2.24) is 4.98 Å². The molecule has 0 saturated carbocycles. The summed E-state index contributed by atoms with van der Waals surface area (Å²) < 4.78 is 16.3. The first-order valence-corrected chi connectivity index (χ1v) is 9.46. The number of aromatic nitrogens is 1. The Labute approximate surface area is 162 Å². The van der Waals surface area contributed by atoms with Gasteiger partial charge in [0, 0.05) is 12.5 Å². The number of hydrogen-bond acceptors (Lipinski definition) is 6. The molecule has 0 bridgehead atoms. The van der Waals surface area contributed by atoms with Crippen LogP contribution in [0.4, 0.5) is 5.69 Å². The Morgan fingerprint density at radius 1 is 1.22 bits per heavy atom. The summed E-state index contributed by atoms with van der Waals surface area (Å²) in [6.45, 7) is 4.76. The van der Waals surface area contributed by atoms with Crippen LogP contribution in [0.25, 0.3) is 10.8 Å². The topological polar surface area (TPSA) is 73.6 Å². The lowest BCUT2D eigenvalue weighted by Gasteiger charge is -2.13. The summed E-state index contributed by atoms with van der Waals surface area (Å²) in [5, 5.41) is 5.54. The molecule has 6 nitrogen and oxygen atoms in total. The molecule has 1 N–H and O–H groups in total. The number of furan rings is 1. The lowest BCUT2D eigenvalue weighted by molar-refractivity contribution is -0.115. The Morgan fingerprint density at radius 2 is 2.07 bits per heavy atom. The highest BCUT2D eigenvalue weighted by molar-refractivity contribution is 7.13. The molecule has 7 heteroatoms. The molecule has 0 aliphatic rings. The van der Waals surface area contributed by atoms with E-state index in [2.05, 4.69) is 10.3 Å². The van der Waals surface area contributed by atoms with Crippen LogP contribution in [0.3, 0.4) is 0 Å². The normalized spacial score (nSPS) is 10.8. The van der Waals surface area contributed by atoms with Crippen LogP contribution in [-0.4, -0.2) is 31.2 Å². The van der Waals surface area contributed by atoms with Crippen molar-refractivity contribution in [2.75, 3.05) is 25.6 Å². The number of thiazole rings is 1. The van der Waals surface area contributed by atoms with Gasteiger partial charge in [-0.05, 0) is 43.7 Å². The molecule has 0 fully saturated rings. The molecule has 0 radical (unpaired) electrons. The number of carbonyl (C=O) groups excluding carboxylic acids is 1. The van der Waals surface area contributed by atoms with Crippen LogP contribution in [0.5, 0.6) is 5.75 Å². The molecule has 0 spiro atoms. The number of benzene rings is 1. The number of anilines is 1. The smallest absolute Gasteiger partial charge is 0.230 e. The summed E-state index contributed by atoms with van der Waals surface area (Å²) in [6, 6.07) is 9.44. The van der Waals surface area contributed by atoms with Crippen LogP contribution in [0.1, 0.15) is 17.0 Å². The van der Waals surface area contributed by atoms with Gasteiger partial charge in [0.2, 0.25) is 5.91 Å². The molecular weight excluding hydrogens is 364 g/mol. The van der Waals surface area contributed by atoms with Crippen molar-refractivity contribution in [1.29, 1.82) is 0 Å². The van der Waals surface area contributed by atoms with Gasteiger partial charge in [-0.2, -0.15) is 0 Å². The highest BCUT2D eigenvalue weighted by Gasteiger charge is 2.13. The van der Waals surface area contributed by atoms with Crippen molar-refractivity contribution in [2.45, 2.75) is 20.3 Å². The predicted molar refractivity (Wildman–Crippen MR) is 105 cm³/mol. The van der Waals surface area contributed by atoms with E-state index in [-0.39, 0.29) is 12.3 Å². The fourth-order valence-electron chi connectivity index (χ4n) is 2.50. The fourth-order valence-corrected chi connectivity index (χ4v) is 3.28. The van der Waals surface area contributed by atoms with Crippen LogP contribution in [0, 0.1) is 13.8 Å². The third kappa shape index (κ3) is 5.18. The molecule has 1 aromatic carbocycles. The number of carbonyl (C=O) groups is 1. The summed E-state index contributed by atoms with van der Waals surface area (Å²) >= 11 is 1.46. The second kappa shape index (κ2) is 8.83. The van der Waals surface area contributed by atoms with Gasteiger partial charge in [0.1, 0.15) is 18.1 Å². The molecule has 1 amide bonds. The van der Waals surface area contributed by atoms with Gasteiger partial charge in [-0.25, -0.2) is 4.98 Å². The van der Waals surface area contributed by atoms with Gasteiger partial charge >= 0.3 is 0 Å². The number of methoxy groups -OCH3 is 1. The Morgan fingerprint density at radius 3 is 2.81 bits per heavy atom. The fraction of sp³-hybridized carbons (Fsp3) is 0.300. The van der Waals surface area contributed by atoms with E-state index >= 15 is 0 Å². The van der Waals surface area contributed by atoms with E-state index in [1.54, 1.807) is 7.11 Å². The van der Waals surface area contributed by atoms with Crippen molar-refractivity contribution < 1.29 is 18.7 Å². The molecule has 2 aromatic heterocycles.